The van der Waals surface area contributed by atoms with Crippen LogP contribution in [0.5, 0.6) is 0 Å². The second-order valence-electron chi connectivity index (χ2n) is 2.29. The SMILES string of the molecule is Cc1nnc2cccc(Br)n12.Cl. The molecule has 0 aliphatic heterocycles. The van der Waals surface area contributed by atoms with Gasteiger partial charge in [-0.25, -0.2) is 0 Å². The maximum atomic E-state index is 3.96. The van der Waals surface area contributed by atoms with Gasteiger partial charge in [-0.2, -0.15) is 0 Å². The molecule has 2 heterocycles. The maximum Gasteiger partial charge on any atom is 0.161 e. The zero-order valence-corrected chi connectivity index (χ0v) is 8.76. The molecule has 0 saturated heterocycles. The van der Waals surface area contributed by atoms with Crippen molar-refractivity contribution in [2.24, 2.45) is 0 Å². The smallest absolute Gasteiger partial charge is 0.161 e. The molecular weight excluding hydrogens is 241 g/mol. The largest absolute Gasteiger partial charge is 0.273 e. The van der Waals surface area contributed by atoms with Crippen molar-refractivity contribution >= 4 is 34.0 Å². The summed E-state index contributed by atoms with van der Waals surface area (Å²) in [5.74, 6) is 0.896. The fraction of sp³-hybridized carbons (Fsp3) is 0.143. The van der Waals surface area contributed by atoms with Gasteiger partial charge < -0.3 is 0 Å². The highest BCUT2D eigenvalue weighted by atomic mass is 79.9. The first-order valence-electron chi connectivity index (χ1n) is 3.25. The number of hydrogen-bond acceptors (Lipinski definition) is 2. The Labute approximate surface area is 84.3 Å². The van der Waals surface area contributed by atoms with Crippen molar-refractivity contribution in [1.82, 2.24) is 14.6 Å². The van der Waals surface area contributed by atoms with Gasteiger partial charge in [0.1, 0.15) is 5.82 Å². The van der Waals surface area contributed by atoms with E-state index in [1.165, 1.54) is 0 Å². The minimum atomic E-state index is 0. The van der Waals surface area contributed by atoms with Crippen LogP contribution in [0.2, 0.25) is 0 Å². The minimum absolute atomic E-state index is 0. The Morgan fingerprint density at radius 3 is 2.75 bits per heavy atom. The molecule has 2 aromatic rings. The first kappa shape index (κ1) is 9.48. The van der Waals surface area contributed by atoms with E-state index in [-0.39, 0.29) is 12.4 Å². The van der Waals surface area contributed by atoms with Crippen molar-refractivity contribution < 1.29 is 0 Å². The number of nitrogens with zero attached hydrogens (tertiary/aromatic N) is 3. The summed E-state index contributed by atoms with van der Waals surface area (Å²) in [6, 6.07) is 5.82. The topological polar surface area (TPSA) is 30.2 Å². The number of rotatable bonds is 0. The molecule has 0 atom stereocenters. The van der Waals surface area contributed by atoms with Crippen molar-refractivity contribution in [3.8, 4) is 0 Å². The molecule has 0 aliphatic rings. The molecular formula is C7H7BrClN3. The van der Waals surface area contributed by atoms with Crippen LogP contribution >= 0.6 is 28.3 Å². The number of pyridine rings is 1. The molecule has 12 heavy (non-hydrogen) atoms. The second kappa shape index (κ2) is 3.41. The Morgan fingerprint density at radius 1 is 1.33 bits per heavy atom. The summed E-state index contributed by atoms with van der Waals surface area (Å²) < 4.78 is 2.93. The van der Waals surface area contributed by atoms with Crippen molar-refractivity contribution in [3.63, 3.8) is 0 Å². The molecule has 0 saturated carbocycles. The van der Waals surface area contributed by atoms with Gasteiger partial charge in [-0.15, -0.1) is 22.6 Å². The molecule has 0 fully saturated rings. The van der Waals surface area contributed by atoms with Gasteiger partial charge in [-0.3, -0.25) is 4.40 Å². The average Bonchev–Trinajstić information content (AvgIpc) is 2.34. The van der Waals surface area contributed by atoms with Crippen LogP contribution in [0, 0.1) is 6.92 Å². The van der Waals surface area contributed by atoms with E-state index in [4.69, 9.17) is 0 Å². The van der Waals surface area contributed by atoms with Crippen LogP contribution < -0.4 is 0 Å². The second-order valence-corrected chi connectivity index (χ2v) is 3.10. The molecule has 0 bridgehead atoms. The Bertz CT molecular complexity index is 398. The normalized spacial score (nSPS) is 9.83. The van der Waals surface area contributed by atoms with E-state index in [0.29, 0.717) is 0 Å². The van der Waals surface area contributed by atoms with Crippen molar-refractivity contribution in [2.75, 3.05) is 0 Å². The summed E-state index contributed by atoms with van der Waals surface area (Å²) in [6.45, 7) is 1.92. The van der Waals surface area contributed by atoms with Gasteiger partial charge in [0.25, 0.3) is 0 Å². The molecule has 2 rings (SSSR count). The third-order valence-corrected chi connectivity index (χ3v) is 2.16. The molecule has 64 valence electrons. The number of aryl methyl sites for hydroxylation is 1. The first-order chi connectivity index (χ1) is 5.29. The molecule has 5 heteroatoms. The third-order valence-electron chi connectivity index (χ3n) is 1.54. The van der Waals surface area contributed by atoms with Crippen LogP contribution in [-0.4, -0.2) is 14.6 Å². The molecule has 0 N–H and O–H groups in total. The van der Waals surface area contributed by atoms with Gasteiger partial charge in [-0.1, -0.05) is 6.07 Å². The van der Waals surface area contributed by atoms with Crippen LogP contribution in [0.4, 0.5) is 0 Å². The van der Waals surface area contributed by atoms with E-state index in [0.717, 1.165) is 16.1 Å². The quantitative estimate of drug-likeness (QED) is 0.669. The van der Waals surface area contributed by atoms with Gasteiger partial charge in [-0.05, 0) is 35.0 Å². The van der Waals surface area contributed by atoms with Crippen LogP contribution in [-0.2, 0) is 0 Å². The molecule has 0 radical (unpaired) electrons. The Hall–Kier alpha value is -0.610. The van der Waals surface area contributed by atoms with Crippen LogP contribution in [0.25, 0.3) is 5.65 Å². The monoisotopic (exact) mass is 247 g/mol. The standard InChI is InChI=1S/C7H6BrN3.ClH/c1-5-9-10-7-4-2-3-6(8)11(5)7;/h2-4H,1H3;1H. The zero-order chi connectivity index (χ0) is 7.84. The van der Waals surface area contributed by atoms with E-state index in [1.54, 1.807) is 0 Å². The predicted octanol–water partition coefficient (Wildman–Crippen LogP) is 2.22. The van der Waals surface area contributed by atoms with E-state index in [1.807, 2.05) is 29.5 Å². The lowest BCUT2D eigenvalue weighted by Crippen LogP contribution is -1.88. The fourth-order valence-electron chi connectivity index (χ4n) is 1.04. The van der Waals surface area contributed by atoms with Crippen LogP contribution in [0.3, 0.4) is 0 Å². The molecule has 0 unspecified atom stereocenters. The fourth-order valence-corrected chi connectivity index (χ4v) is 1.63. The highest BCUT2D eigenvalue weighted by Gasteiger charge is 2.01. The summed E-state index contributed by atoms with van der Waals surface area (Å²) in [5.41, 5.74) is 0.872. The first-order valence-corrected chi connectivity index (χ1v) is 4.04. The van der Waals surface area contributed by atoms with E-state index >= 15 is 0 Å². The highest BCUT2D eigenvalue weighted by molar-refractivity contribution is 9.10. The Kier molecular flexibility index (Phi) is 2.69. The summed E-state index contributed by atoms with van der Waals surface area (Å²) in [4.78, 5) is 0. The van der Waals surface area contributed by atoms with Crippen molar-refractivity contribution in [3.05, 3.63) is 28.6 Å². The summed E-state index contributed by atoms with van der Waals surface area (Å²) in [5, 5.41) is 7.90. The average molecular weight is 249 g/mol. The number of halogens is 2. The van der Waals surface area contributed by atoms with E-state index < -0.39 is 0 Å². The van der Waals surface area contributed by atoms with Gasteiger partial charge in [0.05, 0.1) is 4.60 Å². The molecule has 2 aromatic heterocycles. The zero-order valence-electron chi connectivity index (χ0n) is 6.36. The number of hydrogen-bond donors (Lipinski definition) is 0. The highest BCUT2D eigenvalue weighted by Crippen LogP contribution is 2.12. The van der Waals surface area contributed by atoms with Crippen molar-refractivity contribution in [2.45, 2.75) is 6.92 Å². The Morgan fingerprint density at radius 2 is 2.08 bits per heavy atom. The molecule has 0 spiro atoms. The van der Waals surface area contributed by atoms with Gasteiger partial charge in [0, 0.05) is 0 Å². The van der Waals surface area contributed by atoms with Gasteiger partial charge in [0.2, 0.25) is 0 Å². The lowest BCUT2D eigenvalue weighted by atomic mass is 10.5. The predicted molar refractivity (Wildman–Crippen MR) is 52.7 cm³/mol. The molecule has 3 nitrogen and oxygen atoms in total. The molecule has 0 amide bonds. The minimum Gasteiger partial charge on any atom is -0.273 e. The summed E-state index contributed by atoms with van der Waals surface area (Å²) in [6.07, 6.45) is 0. The maximum absolute atomic E-state index is 3.96. The van der Waals surface area contributed by atoms with E-state index in [9.17, 15) is 0 Å². The summed E-state index contributed by atoms with van der Waals surface area (Å²) in [7, 11) is 0. The Balaban J connectivity index is 0.000000720. The van der Waals surface area contributed by atoms with Gasteiger partial charge >= 0.3 is 0 Å². The lowest BCUT2D eigenvalue weighted by molar-refractivity contribution is 0.993. The molecule has 0 aliphatic carbocycles. The molecule has 0 aromatic carbocycles. The van der Waals surface area contributed by atoms with Crippen LogP contribution in [0.1, 0.15) is 5.82 Å². The van der Waals surface area contributed by atoms with Crippen LogP contribution in [0.15, 0.2) is 22.8 Å². The summed E-state index contributed by atoms with van der Waals surface area (Å²) >= 11 is 3.41. The lowest BCUT2D eigenvalue weighted by Gasteiger charge is -1.95. The van der Waals surface area contributed by atoms with Crippen molar-refractivity contribution in [1.29, 1.82) is 0 Å². The number of aromatic nitrogens is 3. The number of fused-ring (bicyclic) bond motifs is 1. The van der Waals surface area contributed by atoms with Gasteiger partial charge in [0.15, 0.2) is 5.65 Å². The third kappa shape index (κ3) is 1.32. The van der Waals surface area contributed by atoms with E-state index in [2.05, 4.69) is 26.1 Å².